The highest BCUT2D eigenvalue weighted by Gasteiger charge is 2.42. The van der Waals surface area contributed by atoms with Crippen molar-refractivity contribution in [2.24, 2.45) is 0 Å². The zero-order valence-electron chi connectivity index (χ0n) is 38.0. The molecule has 0 aliphatic carbocycles. The van der Waals surface area contributed by atoms with Crippen LogP contribution in [0.2, 0.25) is 0 Å². The van der Waals surface area contributed by atoms with Crippen molar-refractivity contribution in [3.05, 3.63) is 123 Å². The third-order valence-electron chi connectivity index (χ3n) is 13.8. The number of thiazole rings is 1. The van der Waals surface area contributed by atoms with E-state index in [0.29, 0.717) is 92.3 Å². The fourth-order valence-electron chi connectivity index (χ4n) is 10.0. The summed E-state index contributed by atoms with van der Waals surface area (Å²) in [6.45, 7) is 3.19. The van der Waals surface area contributed by atoms with Gasteiger partial charge in [0.2, 0.25) is 17.7 Å². The first-order valence-corrected chi connectivity index (χ1v) is 24.4. The molecule has 360 valence electrons. The Balaban J connectivity index is 0.687. The molecule has 0 spiro atoms. The Morgan fingerprint density at radius 3 is 2.43 bits per heavy atom. The molecule has 0 radical (unpaired) electrons. The molecule has 10 rings (SSSR count). The van der Waals surface area contributed by atoms with E-state index in [1.807, 2.05) is 9.47 Å². The molecule has 5 aliphatic heterocycles. The number of nitrogens with zero attached hydrogens (tertiary/aromatic N) is 7. The monoisotopic (exact) mass is 969 g/mol. The highest BCUT2D eigenvalue weighted by Crippen LogP contribution is 2.37. The van der Waals surface area contributed by atoms with E-state index in [1.54, 1.807) is 42.2 Å². The summed E-state index contributed by atoms with van der Waals surface area (Å²) in [4.78, 5) is 96.1. The first-order valence-electron chi connectivity index (χ1n) is 23.5. The number of likely N-dealkylation sites (tertiary alicyclic amines) is 2. The number of carbonyl (C=O) groups is 6. The second-order valence-corrected chi connectivity index (χ2v) is 19.2. The molecular formula is C50H49F2N11O6S. The molecular weight excluding hydrogens is 921 g/mol. The Hall–Kier alpha value is -7.37. The van der Waals surface area contributed by atoms with Crippen molar-refractivity contribution in [2.75, 3.05) is 43.4 Å². The van der Waals surface area contributed by atoms with Gasteiger partial charge < -0.3 is 25.0 Å². The number of hydrogen-bond acceptors (Lipinski definition) is 12. The Labute approximate surface area is 405 Å². The minimum atomic E-state index is -1.11. The highest BCUT2D eigenvalue weighted by molar-refractivity contribution is 7.13. The zero-order valence-corrected chi connectivity index (χ0v) is 38.8. The van der Waals surface area contributed by atoms with Crippen molar-refractivity contribution in [3.8, 4) is 11.8 Å². The summed E-state index contributed by atoms with van der Waals surface area (Å²) in [5.41, 5.74) is 3.63. The van der Waals surface area contributed by atoms with Crippen molar-refractivity contribution in [3.63, 3.8) is 0 Å². The van der Waals surface area contributed by atoms with E-state index in [0.717, 1.165) is 18.7 Å². The molecule has 2 atom stereocenters. The van der Waals surface area contributed by atoms with Crippen molar-refractivity contribution in [1.29, 1.82) is 0 Å². The molecule has 3 aromatic heterocycles. The van der Waals surface area contributed by atoms with Crippen LogP contribution >= 0.6 is 11.3 Å². The summed E-state index contributed by atoms with van der Waals surface area (Å²) >= 11 is 1.25. The number of imidazole rings is 1. The fourth-order valence-corrected chi connectivity index (χ4v) is 10.6. The fraction of sp³-hybridized carbons (Fsp3) is 0.380. The van der Waals surface area contributed by atoms with E-state index in [2.05, 4.69) is 53.0 Å². The van der Waals surface area contributed by atoms with Crippen LogP contribution in [0.25, 0.3) is 0 Å². The van der Waals surface area contributed by atoms with Crippen molar-refractivity contribution >= 4 is 57.6 Å². The number of benzene rings is 2. The summed E-state index contributed by atoms with van der Waals surface area (Å²) in [6, 6.07) is 9.04. The van der Waals surface area contributed by atoms with Crippen molar-refractivity contribution < 1.29 is 37.5 Å². The van der Waals surface area contributed by atoms with Crippen LogP contribution in [-0.4, -0.2) is 114 Å². The summed E-state index contributed by atoms with van der Waals surface area (Å²) < 4.78 is 32.9. The van der Waals surface area contributed by atoms with E-state index in [-0.39, 0.29) is 77.4 Å². The maximum Gasteiger partial charge on any atom is 0.270 e. The summed E-state index contributed by atoms with van der Waals surface area (Å²) in [6.07, 6.45) is 9.43. The number of hydrogen-bond donors (Lipinski definition) is 4. The summed E-state index contributed by atoms with van der Waals surface area (Å²) in [7, 11) is 0. The van der Waals surface area contributed by atoms with Crippen molar-refractivity contribution in [1.82, 2.24) is 44.9 Å². The van der Waals surface area contributed by atoms with E-state index in [4.69, 9.17) is 0 Å². The van der Waals surface area contributed by atoms with Crippen LogP contribution in [0.5, 0.6) is 0 Å². The number of aromatic nitrogens is 4. The van der Waals surface area contributed by atoms with Crippen LogP contribution in [-0.2, 0) is 38.7 Å². The van der Waals surface area contributed by atoms with Gasteiger partial charge in [0.1, 0.15) is 23.4 Å². The quantitative estimate of drug-likeness (QED) is 0.107. The number of pyridine rings is 1. The van der Waals surface area contributed by atoms with Gasteiger partial charge >= 0.3 is 0 Å². The lowest BCUT2D eigenvalue weighted by Crippen LogP contribution is -2.49. The minimum absolute atomic E-state index is 0.00335. The molecule has 4 N–H and O–H groups in total. The molecule has 0 saturated carbocycles. The number of imide groups is 1. The summed E-state index contributed by atoms with van der Waals surface area (Å²) in [5, 5.41) is 13.3. The Kier molecular flexibility index (Phi) is 13.2. The molecule has 2 aromatic carbocycles. The number of nitrogens with one attached hydrogen (secondary N) is 4. The molecule has 70 heavy (non-hydrogen) atoms. The topological polar surface area (TPSA) is 204 Å². The number of carbonyl (C=O) groups excluding carboxylic acids is 6. The normalized spacial score (nSPS) is 18.9. The summed E-state index contributed by atoms with van der Waals surface area (Å²) in [5.74, 6) is 2.84. The van der Waals surface area contributed by atoms with Gasteiger partial charge in [0.15, 0.2) is 11.2 Å². The maximum atomic E-state index is 15.7. The third-order valence-corrected chi connectivity index (χ3v) is 14.5. The second-order valence-electron chi connectivity index (χ2n) is 18.3. The Morgan fingerprint density at radius 2 is 1.69 bits per heavy atom. The molecule has 17 nitrogen and oxygen atoms in total. The minimum Gasteiger partial charge on any atom is -0.374 e. The molecule has 5 aliphatic rings. The average molecular weight is 970 g/mol. The largest absolute Gasteiger partial charge is 0.374 e. The second kappa shape index (κ2) is 19.9. The number of fused-ring (bicyclic) bond motifs is 2. The van der Waals surface area contributed by atoms with E-state index < -0.39 is 35.6 Å². The van der Waals surface area contributed by atoms with Gasteiger partial charge in [-0.1, -0.05) is 17.9 Å². The Bertz CT molecular complexity index is 2940. The van der Waals surface area contributed by atoms with E-state index in [9.17, 15) is 28.8 Å². The predicted octanol–water partition coefficient (Wildman–Crippen LogP) is 4.51. The number of anilines is 2. The molecule has 20 heteroatoms. The standard InChI is InChI=1S/C50H49F2N11O6S/c51-37-23-30(22-35-36(37)26-63(49(35)69)45(48(68)59-50-53-15-21-70-50)44-41-2-1-16-62(41)28-55-44)4-3-29-5-8-39(54-25-29)46(66)57-32-13-19-61(20-14-32)43(65)27-60-17-11-31(12-18-60)34-7-6-33(24-38(34)52)56-40-9-10-42(64)58-47(40)67/h5-8,15,21-25,28,31-32,40,45,56H,1-2,9-14,16-20,26-27H2,(H,57,66)(H,53,59,68)(H,58,64,67)/t40-,45?/m0/s1. The van der Waals surface area contributed by atoms with Gasteiger partial charge in [-0.05, 0) is 106 Å². The van der Waals surface area contributed by atoms with Gasteiger partial charge in [-0.25, -0.2) is 23.7 Å². The average Bonchev–Trinajstić information content (AvgIpc) is 4.18. The molecule has 3 saturated heterocycles. The highest BCUT2D eigenvalue weighted by atomic mass is 32.1. The predicted molar refractivity (Wildman–Crippen MR) is 252 cm³/mol. The Morgan fingerprint density at radius 1 is 0.871 bits per heavy atom. The van der Waals surface area contributed by atoms with Gasteiger partial charge in [0.25, 0.3) is 17.7 Å². The first-order chi connectivity index (χ1) is 33.9. The molecule has 8 heterocycles. The number of piperidine rings is 3. The lowest BCUT2D eigenvalue weighted by atomic mass is 9.89. The molecule has 3 fully saturated rings. The lowest BCUT2D eigenvalue weighted by molar-refractivity contribution is -0.134. The van der Waals surface area contributed by atoms with E-state index in [1.165, 1.54) is 40.6 Å². The molecule has 1 unspecified atom stereocenters. The SMILES string of the molecule is O=C1CC[C@H](Nc2ccc(C3CCN(CC(=O)N4CCC(NC(=O)c5ccc(C#Cc6cc(F)c7c(c6)C(=O)N(C(C(=O)Nc6nccs6)c6ncn8c6CCC8)C7)cn5)CC4)CC3)c(F)c2)C(=O)N1. The lowest BCUT2D eigenvalue weighted by Gasteiger charge is -2.36. The van der Waals surface area contributed by atoms with E-state index >= 15 is 8.78 Å². The molecule has 6 amide bonds. The van der Waals surface area contributed by atoms with Crippen molar-refractivity contribution in [2.45, 2.75) is 88.5 Å². The van der Waals surface area contributed by atoms with Crippen LogP contribution in [0.4, 0.5) is 19.6 Å². The number of amides is 6. The van der Waals surface area contributed by atoms with Gasteiger partial charge in [0.05, 0.1) is 25.1 Å². The van der Waals surface area contributed by atoms with Crippen LogP contribution in [0.15, 0.2) is 66.6 Å². The van der Waals surface area contributed by atoms with Gasteiger partial charge in [-0.2, -0.15) is 0 Å². The molecule has 5 aromatic rings. The number of halogens is 2. The maximum absolute atomic E-state index is 15.7. The smallest absolute Gasteiger partial charge is 0.270 e. The first kappa shape index (κ1) is 46.4. The van der Waals surface area contributed by atoms with Crippen LogP contribution in [0.1, 0.15) is 111 Å². The van der Waals surface area contributed by atoms with Gasteiger partial charge in [-0.3, -0.25) is 44.3 Å². The van der Waals surface area contributed by atoms with Crippen LogP contribution in [0, 0.1) is 23.5 Å². The van der Waals surface area contributed by atoms with Gasteiger partial charge in [0, 0.05) is 83.5 Å². The third kappa shape index (κ3) is 9.89. The van der Waals surface area contributed by atoms with Crippen LogP contribution < -0.4 is 21.3 Å². The zero-order chi connectivity index (χ0) is 48.5. The molecule has 0 bridgehead atoms. The van der Waals surface area contributed by atoms with Gasteiger partial charge in [-0.15, -0.1) is 11.3 Å². The van der Waals surface area contributed by atoms with Crippen LogP contribution in [0.3, 0.4) is 0 Å². The number of aryl methyl sites for hydroxylation is 1. The number of rotatable bonds is 11.